The number of hydrogen-bond donors (Lipinski definition) is 1. The number of anilines is 2. The maximum Gasteiger partial charge on any atom is 0.421 e. The first-order chi connectivity index (χ1) is 25.4. The van der Waals surface area contributed by atoms with E-state index in [4.69, 9.17) is 34.1 Å². The first kappa shape index (κ1) is 38.2. The standard InChI is InChI=1S/C37H48F3N9O4/c1-6-52-31(50)10-13-48-14-15-49(21-24(48)3)30-20-41-28(19-42-30)33-45-32-29(47(4)22-36(23-51-5)11-8-9-12-36)17-27(44-34(32)46-33)25-16-26(37(38,39)40)35(43-18-25)53-7-2/h16-20,24H,6-15,21-23H2,1-5H3,(H,44,45,46)/t24-/m1/s1. The molecular weight excluding hydrogens is 691 g/mol. The van der Waals surface area contributed by atoms with Gasteiger partial charge >= 0.3 is 12.1 Å². The number of fused-ring (bicyclic) bond motifs is 1. The van der Waals surface area contributed by atoms with Crippen molar-refractivity contribution < 1.29 is 32.2 Å². The Morgan fingerprint density at radius 1 is 1.04 bits per heavy atom. The lowest BCUT2D eigenvalue weighted by Crippen LogP contribution is -2.52. The maximum atomic E-state index is 14.1. The number of hydrogen-bond acceptors (Lipinski definition) is 12. The molecule has 4 aromatic rings. The first-order valence-electron chi connectivity index (χ1n) is 18.2. The van der Waals surface area contributed by atoms with E-state index in [0.29, 0.717) is 61.1 Å². The number of nitrogens with zero attached hydrogens (tertiary/aromatic N) is 8. The van der Waals surface area contributed by atoms with Crippen LogP contribution in [0.15, 0.2) is 30.7 Å². The van der Waals surface area contributed by atoms with Crippen molar-refractivity contribution in [1.82, 2.24) is 34.8 Å². The molecule has 16 heteroatoms. The number of alkyl halides is 3. The van der Waals surface area contributed by atoms with E-state index >= 15 is 0 Å². The van der Waals surface area contributed by atoms with Crippen molar-refractivity contribution in [3.63, 3.8) is 0 Å². The van der Waals surface area contributed by atoms with E-state index in [0.717, 1.165) is 62.9 Å². The second-order valence-corrected chi connectivity index (χ2v) is 14.0. The van der Waals surface area contributed by atoms with E-state index in [-0.39, 0.29) is 29.6 Å². The molecule has 1 N–H and O–H groups in total. The molecule has 286 valence electrons. The Morgan fingerprint density at radius 3 is 2.49 bits per heavy atom. The number of piperazine rings is 1. The summed E-state index contributed by atoms with van der Waals surface area (Å²) in [7, 11) is 3.68. The Balaban J connectivity index is 1.30. The Labute approximate surface area is 307 Å². The zero-order valence-corrected chi connectivity index (χ0v) is 31.0. The fourth-order valence-electron chi connectivity index (χ4n) is 7.57. The van der Waals surface area contributed by atoms with E-state index in [1.54, 1.807) is 39.4 Å². The van der Waals surface area contributed by atoms with Gasteiger partial charge in [-0.2, -0.15) is 13.2 Å². The van der Waals surface area contributed by atoms with Gasteiger partial charge in [-0.3, -0.25) is 9.69 Å². The smallest absolute Gasteiger partial charge is 0.421 e. The summed E-state index contributed by atoms with van der Waals surface area (Å²) in [5.41, 5.74) is 1.64. The van der Waals surface area contributed by atoms with Crippen LogP contribution in [-0.2, 0) is 20.4 Å². The molecule has 0 radical (unpaired) electrons. The van der Waals surface area contributed by atoms with Gasteiger partial charge in [0.15, 0.2) is 11.5 Å². The summed E-state index contributed by atoms with van der Waals surface area (Å²) in [6.45, 7) is 10.1. The summed E-state index contributed by atoms with van der Waals surface area (Å²) in [4.78, 5) is 44.8. The highest BCUT2D eigenvalue weighted by Gasteiger charge is 2.37. The van der Waals surface area contributed by atoms with Gasteiger partial charge in [-0.15, -0.1) is 0 Å². The number of carbonyl (C=O) groups is 1. The molecule has 5 heterocycles. The van der Waals surface area contributed by atoms with Crippen LogP contribution in [-0.4, -0.2) is 114 Å². The lowest BCUT2D eigenvalue weighted by Gasteiger charge is -2.40. The number of aromatic amines is 1. The van der Waals surface area contributed by atoms with E-state index in [9.17, 15) is 18.0 Å². The summed E-state index contributed by atoms with van der Waals surface area (Å²) in [6, 6.07) is 3.01. The van der Waals surface area contributed by atoms with Crippen molar-refractivity contribution in [2.45, 2.75) is 65.1 Å². The van der Waals surface area contributed by atoms with Gasteiger partial charge in [0.25, 0.3) is 0 Å². The normalized spacial score (nSPS) is 17.7. The minimum absolute atomic E-state index is 0.0477. The quantitative estimate of drug-likeness (QED) is 0.152. The van der Waals surface area contributed by atoms with Gasteiger partial charge in [0.1, 0.15) is 22.6 Å². The van der Waals surface area contributed by atoms with Crippen LogP contribution in [0.4, 0.5) is 24.7 Å². The van der Waals surface area contributed by atoms with Crippen LogP contribution < -0.4 is 14.5 Å². The monoisotopic (exact) mass is 739 g/mol. The molecule has 1 aliphatic carbocycles. The van der Waals surface area contributed by atoms with E-state index < -0.39 is 17.6 Å². The lowest BCUT2D eigenvalue weighted by molar-refractivity contribution is -0.143. The van der Waals surface area contributed by atoms with Gasteiger partial charge in [-0.1, -0.05) is 12.8 Å². The number of aromatic nitrogens is 6. The minimum Gasteiger partial charge on any atom is -0.478 e. The van der Waals surface area contributed by atoms with Crippen molar-refractivity contribution in [3.8, 4) is 28.7 Å². The van der Waals surface area contributed by atoms with Crippen LogP contribution in [0, 0.1) is 5.41 Å². The van der Waals surface area contributed by atoms with Crippen molar-refractivity contribution in [1.29, 1.82) is 0 Å². The molecule has 2 aliphatic rings. The predicted octanol–water partition coefficient (Wildman–Crippen LogP) is 6.00. The van der Waals surface area contributed by atoms with Crippen molar-refractivity contribution in [2.24, 2.45) is 5.41 Å². The Bertz CT molecular complexity index is 1860. The van der Waals surface area contributed by atoms with Crippen LogP contribution >= 0.6 is 0 Å². The maximum absolute atomic E-state index is 14.1. The molecule has 53 heavy (non-hydrogen) atoms. The summed E-state index contributed by atoms with van der Waals surface area (Å²) < 4.78 is 58.3. The largest absolute Gasteiger partial charge is 0.478 e. The highest BCUT2D eigenvalue weighted by molar-refractivity contribution is 5.91. The molecular formula is C37H48F3N9O4. The van der Waals surface area contributed by atoms with Gasteiger partial charge in [0, 0.05) is 70.1 Å². The van der Waals surface area contributed by atoms with Gasteiger partial charge in [-0.25, -0.2) is 24.9 Å². The second-order valence-electron chi connectivity index (χ2n) is 14.0. The second kappa shape index (κ2) is 16.2. The zero-order chi connectivity index (χ0) is 37.8. The van der Waals surface area contributed by atoms with Crippen LogP contribution in [0.2, 0.25) is 0 Å². The van der Waals surface area contributed by atoms with E-state index in [2.05, 4.69) is 31.6 Å². The molecule has 2 fully saturated rings. The zero-order valence-electron chi connectivity index (χ0n) is 31.0. The van der Waals surface area contributed by atoms with Gasteiger partial charge < -0.3 is 29.0 Å². The van der Waals surface area contributed by atoms with Crippen molar-refractivity contribution >= 4 is 28.6 Å². The Morgan fingerprint density at radius 2 is 1.83 bits per heavy atom. The SMILES string of the molecule is CCOC(=O)CCN1CCN(c2cnc(-c3nc4nc(-c5cnc(OCC)c(C(F)(F)F)c5)cc(N(C)CC5(COC)CCCC5)c4[nH]3)cn2)C[C@H]1C. The lowest BCUT2D eigenvalue weighted by atomic mass is 9.86. The van der Waals surface area contributed by atoms with Crippen LogP contribution in [0.5, 0.6) is 5.88 Å². The molecule has 13 nitrogen and oxygen atoms in total. The number of nitrogens with one attached hydrogen (secondary N) is 1. The van der Waals surface area contributed by atoms with Gasteiger partial charge in [-0.05, 0) is 45.7 Å². The average Bonchev–Trinajstić information content (AvgIpc) is 3.78. The van der Waals surface area contributed by atoms with E-state index in [1.807, 2.05) is 7.05 Å². The fourth-order valence-corrected chi connectivity index (χ4v) is 7.57. The summed E-state index contributed by atoms with van der Waals surface area (Å²) >= 11 is 0. The molecule has 6 rings (SSSR count). The molecule has 1 atom stereocenters. The number of pyridine rings is 2. The molecule has 1 saturated carbocycles. The van der Waals surface area contributed by atoms with Crippen LogP contribution in [0.3, 0.4) is 0 Å². The molecule has 0 spiro atoms. The Kier molecular flexibility index (Phi) is 11.7. The average molecular weight is 740 g/mol. The van der Waals surface area contributed by atoms with Crippen LogP contribution in [0.1, 0.15) is 58.4 Å². The predicted molar refractivity (Wildman–Crippen MR) is 195 cm³/mol. The van der Waals surface area contributed by atoms with Gasteiger partial charge in [0.2, 0.25) is 5.88 Å². The minimum atomic E-state index is -4.67. The molecule has 0 bridgehead atoms. The van der Waals surface area contributed by atoms with Crippen molar-refractivity contribution in [2.75, 3.05) is 76.5 Å². The molecule has 1 aliphatic heterocycles. The summed E-state index contributed by atoms with van der Waals surface area (Å²) in [5, 5.41) is 0. The molecule has 0 amide bonds. The third-order valence-electron chi connectivity index (χ3n) is 10.2. The van der Waals surface area contributed by atoms with Gasteiger partial charge in [0.05, 0.1) is 50.0 Å². The Hall–Kier alpha value is -4.57. The number of halogens is 3. The number of methoxy groups -OCH3 is 1. The van der Waals surface area contributed by atoms with Crippen molar-refractivity contribution in [3.05, 3.63) is 36.3 Å². The highest BCUT2D eigenvalue weighted by Crippen LogP contribution is 2.42. The third-order valence-corrected chi connectivity index (χ3v) is 10.2. The molecule has 0 unspecified atom stereocenters. The topological polar surface area (TPSA) is 135 Å². The van der Waals surface area contributed by atoms with E-state index in [1.165, 1.54) is 6.20 Å². The molecule has 0 aromatic carbocycles. The summed E-state index contributed by atoms with van der Waals surface area (Å²) in [5.74, 6) is 0.501. The number of rotatable bonds is 14. The third kappa shape index (κ3) is 8.64. The fraction of sp³-hybridized carbons (Fsp3) is 0.568. The molecule has 1 saturated heterocycles. The highest BCUT2D eigenvalue weighted by atomic mass is 19.4. The number of H-pyrrole nitrogens is 1. The molecule has 4 aromatic heterocycles. The summed E-state index contributed by atoms with van der Waals surface area (Å²) in [6.07, 6.45) is 4.66. The number of imidazole rings is 1. The number of esters is 1. The number of ether oxygens (including phenoxy) is 3. The number of carbonyl (C=O) groups excluding carboxylic acids is 1. The first-order valence-corrected chi connectivity index (χ1v) is 18.2. The van der Waals surface area contributed by atoms with Crippen LogP contribution in [0.25, 0.3) is 33.9 Å².